The van der Waals surface area contributed by atoms with E-state index in [1.165, 1.54) is 12.5 Å². The molecule has 3 rings (SSSR count). The molecule has 0 saturated carbocycles. The number of benzene rings is 2. The summed E-state index contributed by atoms with van der Waals surface area (Å²) in [6, 6.07) is 12.3. The van der Waals surface area contributed by atoms with Gasteiger partial charge in [-0.25, -0.2) is 9.05 Å². The summed E-state index contributed by atoms with van der Waals surface area (Å²) in [5.41, 5.74) is 2.17. The van der Waals surface area contributed by atoms with Crippen LogP contribution in [0.1, 0.15) is 11.1 Å². The van der Waals surface area contributed by atoms with E-state index in [2.05, 4.69) is 24.3 Å². The zero-order valence-electron chi connectivity index (χ0n) is 9.55. The molecule has 2 aromatic carbocycles. The molecule has 4 heteroatoms. The molecule has 0 spiro atoms. The van der Waals surface area contributed by atoms with E-state index in [9.17, 15) is 4.89 Å². The van der Waals surface area contributed by atoms with E-state index in [-0.39, 0.29) is 0 Å². The van der Waals surface area contributed by atoms with Crippen LogP contribution >= 0.6 is 7.94 Å². The average molecular weight is 248 g/mol. The highest BCUT2D eigenvalue weighted by molar-refractivity contribution is 7.58. The van der Waals surface area contributed by atoms with Crippen molar-refractivity contribution in [2.75, 3.05) is 7.11 Å². The van der Waals surface area contributed by atoms with E-state index in [1.807, 2.05) is 12.1 Å². The van der Waals surface area contributed by atoms with Crippen LogP contribution in [0.15, 0.2) is 36.4 Å². The van der Waals surface area contributed by atoms with Crippen LogP contribution in [0.3, 0.4) is 0 Å². The number of fused-ring (bicyclic) bond motifs is 2. The van der Waals surface area contributed by atoms with E-state index in [0.717, 1.165) is 16.5 Å². The Balaban J connectivity index is 2.11. The van der Waals surface area contributed by atoms with Crippen LogP contribution in [-0.4, -0.2) is 7.11 Å². The van der Waals surface area contributed by atoms with Gasteiger partial charge in [-0.3, -0.25) is 0 Å². The van der Waals surface area contributed by atoms with Crippen molar-refractivity contribution in [3.8, 4) is 0 Å². The van der Waals surface area contributed by atoms with Crippen LogP contribution in [0.2, 0.25) is 0 Å². The SMILES string of the molecule is CO[P+]1([O-])Cc2cc3ccccc3cc2CO1. The molecule has 1 aliphatic rings. The van der Waals surface area contributed by atoms with E-state index in [0.29, 0.717) is 12.8 Å². The maximum Gasteiger partial charge on any atom is 0.242 e. The number of rotatable bonds is 1. The molecule has 0 radical (unpaired) electrons. The molecule has 0 N–H and O–H groups in total. The normalized spacial score (nSPS) is 23.6. The quantitative estimate of drug-likeness (QED) is 0.728. The largest absolute Gasteiger partial charge is 0.631 e. The first-order valence-electron chi connectivity index (χ1n) is 5.50. The standard InChI is InChI=1S/C13H13O3P/c1-15-17(14)9-13-7-11-5-3-2-4-10(11)6-12(13)8-16-17/h2-7H,8-9H2,1H3. The molecule has 2 aromatic rings. The van der Waals surface area contributed by atoms with Crippen LogP contribution in [-0.2, 0) is 21.8 Å². The average Bonchev–Trinajstić information content (AvgIpc) is 2.36. The van der Waals surface area contributed by atoms with Crippen LogP contribution in [0.25, 0.3) is 10.8 Å². The summed E-state index contributed by atoms with van der Waals surface area (Å²) in [6.07, 6.45) is 0.365. The van der Waals surface area contributed by atoms with Crippen molar-refractivity contribution < 1.29 is 13.9 Å². The fourth-order valence-corrected chi connectivity index (χ4v) is 3.53. The molecule has 3 nitrogen and oxygen atoms in total. The van der Waals surface area contributed by atoms with Gasteiger partial charge in [-0.1, -0.05) is 24.3 Å². The molecular weight excluding hydrogens is 235 g/mol. The minimum atomic E-state index is -2.90. The Kier molecular flexibility index (Phi) is 2.64. The van der Waals surface area contributed by atoms with Gasteiger partial charge in [-0.05, 0) is 28.5 Å². The van der Waals surface area contributed by atoms with Gasteiger partial charge in [-0.2, -0.15) is 0 Å². The Morgan fingerprint density at radius 3 is 2.47 bits per heavy atom. The topological polar surface area (TPSA) is 41.5 Å². The molecule has 0 saturated heterocycles. The van der Waals surface area contributed by atoms with E-state index in [1.54, 1.807) is 0 Å². The number of hydrogen-bond acceptors (Lipinski definition) is 3. The molecule has 0 bridgehead atoms. The molecule has 88 valence electrons. The van der Waals surface area contributed by atoms with Gasteiger partial charge in [0, 0.05) is 5.56 Å². The Hall–Kier alpha value is -0.990. The van der Waals surface area contributed by atoms with Gasteiger partial charge in [-0.15, -0.1) is 0 Å². The van der Waals surface area contributed by atoms with Crippen LogP contribution in [0.5, 0.6) is 0 Å². The van der Waals surface area contributed by atoms with Crippen molar-refractivity contribution in [3.05, 3.63) is 47.5 Å². The first-order valence-corrected chi connectivity index (χ1v) is 7.23. The summed E-state index contributed by atoms with van der Waals surface area (Å²) in [7, 11) is -1.47. The summed E-state index contributed by atoms with van der Waals surface area (Å²) in [5.74, 6) is 0. The van der Waals surface area contributed by atoms with Crippen LogP contribution < -0.4 is 4.89 Å². The van der Waals surface area contributed by atoms with E-state index in [4.69, 9.17) is 9.05 Å². The lowest BCUT2D eigenvalue weighted by molar-refractivity contribution is -0.219. The summed E-state index contributed by atoms with van der Waals surface area (Å²) in [4.78, 5) is 12.1. The Labute approximate surface area is 101 Å². The van der Waals surface area contributed by atoms with E-state index >= 15 is 0 Å². The van der Waals surface area contributed by atoms with Crippen molar-refractivity contribution in [2.24, 2.45) is 0 Å². The monoisotopic (exact) mass is 248 g/mol. The second-order valence-corrected chi connectivity index (χ2v) is 6.35. The molecule has 1 aliphatic heterocycles. The highest BCUT2D eigenvalue weighted by atomic mass is 31.2. The zero-order chi connectivity index (χ0) is 11.9. The molecular formula is C13H13O3P. The molecule has 1 atom stereocenters. The summed E-state index contributed by atoms with van der Waals surface area (Å²) >= 11 is 0. The van der Waals surface area contributed by atoms with Gasteiger partial charge in [0.25, 0.3) is 0 Å². The molecule has 1 heterocycles. The Morgan fingerprint density at radius 2 is 1.82 bits per heavy atom. The molecule has 0 fully saturated rings. The van der Waals surface area contributed by atoms with Gasteiger partial charge in [0.1, 0.15) is 12.8 Å². The second kappa shape index (κ2) is 4.04. The van der Waals surface area contributed by atoms with Crippen molar-refractivity contribution >= 4 is 18.7 Å². The van der Waals surface area contributed by atoms with Crippen molar-refractivity contribution in [2.45, 2.75) is 12.8 Å². The minimum absolute atomic E-state index is 0.365. The third-order valence-corrected chi connectivity index (χ3v) is 4.93. The van der Waals surface area contributed by atoms with Gasteiger partial charge in [0.2, 0.25) is 7.94 Å². The predicted molar refractivity (Wildman–Crippen MR) is 66.4 cm³/mol. The molecule has 17 heavy (non-hydrogen) atoms. The highest BCUT2D eigenvalue weighted by Gasteiger charge is 2.34. The van der Waals surface area contributed by atoms with Gasteiger partial charge in [0.15, 0.2) is 0 Å². The summed E-state index contributed by atoms with van der Waals surface area (Å²) in [6.45, 7) is 0.366. The highest BCUT2D eigenvalue weighted by Crippen LogP contribution is 2.58. The Bertz CT molecular complexity index is 570. The lowest BCUT2D eigenvalue weighted by Gasteiger charge is -2.30. The Morgan fingerprint density at radius 1 is 1.18 bits per heavy atom. The van der Waals surface area contributed by atoms with E-state index < -0.39 is 7.94 Å². The maximum atomic E-state index is 12.1. The molecule has 0 amide bonds. The smallest absolute Gasteiger partial charge is 0.242 e. The number of hydrogen-bond donors (Lipinski definition) is 0. The molecule has 1 unspecified atom stereocenters. The van der Waals surface area contributed by atoms with Crippen molar-refractivity contribution in [1.82, 2.24) is 0 Å². The van der Waals surface area contributed by atoms with Crippen molar-refractivity contribution in [3.63, 3.8) is 0 Å². The first-order chi connectivity index (χ1) is 8.20. The zero-order valence-corrected chi connectivity index (χ0v) is 10.4. The van der Waals surface area contributed by atoms with Crippen LogP contribution in [0, 0.1) is 0 Å². The third-order valence-electron chi connectivity index (χ3n) is 3.13. The fourth-order valence-electron chi connectivity index (χ4n) is 2.16. The van der Waals surface area contributed by atoms with Crippen LogP contribution in [0.4, 0.5) is 0 Å². The fraction of sp³-hybridized carbons (Fsp3) is 0.231. The second-order valence-electron chi connectivity index (χ2n) is 4.19. The maximum absolute atomic E-state index is 12.1. The lowest BCUT2D eigenvalue weighted by Crippen LogP contribution is -2.21. The molecule has 0 aliphatic carbocycles. The van der Waals surface area contributed by atoms with Crippen molar-refractivity contribution in [1.29, 1.82) is 0 Å². The molecule has 0 aromatic heterocycles. The van der Waals surface area contributed by atoms with Gasteiger partial charge >= 0.3 is 0 Å². The summed E-state index contributed by atoms with van der Waals surface area (Å²) in [5, 5.41) is 2.35. The van der Waals surface area contributed by atoms with Gasteiger partial charge in [0.05, 0.1) is 7.11 Å². The minimum Gasteiger partial charge on any atom is -0.631 e. The summed E-state index contributed by atoms with van der Waals surface area (Å²) < 4.78 is 10.3. The predicted octanol–water partition coefficient (Wildman–Crippen LogP) is 2.64. The lowest BCUT2D eigenvalue weighted by atomic mass is 10.0. The third kappa shape index (κ3) is 1.96. The first kappa shape index (κ1) is 11.1. The van der Waals surface area contributed by atoms with Gasteiger partial charge < -0.3 is 4.89 Å².